The molecule has 9 heteroatoms. The predicted molar refractivity (Wildman–Crippen MR) is 105 cm³/mol. The van der Waals surface area contributed by atoms with E-state index < -0.39 is 0 Å². The average Bonchev–Trinajstić information content (AvgIpc) is 3.05. The van der Waals surface area contributed by atoms with E-state index in [2.05, 4.69) is 22.4 Å². The molecule has 1 amide bonds. The Kier molecular flexibility index (Phi) is 8.79. The minimum atomic E-state index is -0.0631. The van der Waals surface area contributed by atoms with E-state index in [0.29, 0.717) is 5.75 Å². The number of carbonyl (C=O) groups is 1. The molecular weight excluding hydrogens is 382 g/mol. The summed E-state index contributed by atoms with van der Waals surface area (Å²) in [5, 5.41) is 11.1. The SMILES string of the molecule is CCCCSSc1nnc(SCC(=O)Nc2ccc(OC)cc2)s1. The average molecular weight is 402 g/mol. The summed E-state index contributed by atoms with van der Waals surface area (Å²) in [6.07, 6.45) is 2.41. The maximum atomic E-state index is 12.0. The first-order chi connectivity index (χ1) is 11.7. The van der Waals surface area contributed by atoms with Crippen molar-refractivity contribution in [3.05, 3.63) is 24.3 Å². The minimum Gasteiger partial charge on any atom is -0.497 e. The van der Waals surface area contributed by atoms with Gasteiger partial charge in [0, 0.05) is 11.4 Å². The number of ether oxygens (including phenoxy) is 1. The van der Waals surface area contributed by atoms with Gasteiger partial charge in [0.25, 0.3) is 0 Å². The highest BCUT2D eigenvalue weighted by molar-refractivity contribution is 8.77. The number of amides is 1. The smallest absolute Gasteiger partial charge is 0.234 e. The molecule has 0 spiro atoms. The molecule has 0 unspecified atom stereocenters. The van der Waals surface area contributed by atoms with Gasteiger partial charge in [-0.2, -0.15) is 0 Å². The van der Waals surface area contributed by atoms with Crippen LogP contribution < -0.4 is 10.1 Å². The molecule has 130 valence electrons. The second kappa shape index (κ2) is 10.9. The van der Waals surface area contributed by atoms with Gasteiger partial charge in [0.15, 0.2) is 8.68 Å². The highest BCUT2D eigenvalue weighted by atomic mass is 33.1. The van der Waals surface area contributed by atoms with Crippen molar-refractivity contribution in [1.82, 2.24) is 10.2 Å². The molecule has 24 heavy (non-hydrogen) atoms. The molecule has 0 aliphatic rings. The second-order valence-electron chi connectivity index (χ2n) is 4.66. The van der Waals surface area contributed by atoms with Crippen LogP contribution in [0, 0.1) is 0 Å². The molecule has 0 aliphatic carbocycles. The lowest BCUT2D eigenvalue weighted by Gasteiger charge is -2.05. The van der Waals surface area contributed by atoms with Crippen molar-refractivity contribution in [2.75, 3.05) is 23.9 Å². The van der Waals surface area contributed by atoms with Crippen LogP contribution in [-0.2, 0) is 4.79 Å². The summed E-state index contributed by atoms with van der Waals surface area (Å²) < 4.78 is 6.85. The molecule has 0 aliphatic heterocycles. The molecule has 2 rings (SSSR count). The van der Waals surface area contributed by atoms with Crippen molar-refractivity contribution in [1.29, 1.82) is 0 Å². The Balaban J connectivity index is 1.72. The van der Waals surface area contributed by atoms with E-state index in [1.807, 2.05) is 24.3 Å². The van der Waals surface area contributed by atoms with Gasteiger partial charge >= 0.3 is 0 Å². The van der Waals surface area contributed by atoms with E-state index in [-0.39, 0.29) is 5.91 Å². The van der Waals surface area contributed by atoms with Crippen LogP contribution in [-0.4, -0.2) is 34.7 Å². The second-order valence-corrected chi connectivity index (χ2v) is 9.52. The van der Waals surface area contributed by atoms with E-state index >= 15 is 0 Å². The number of unbranched alkanes of at least 4 members (excludes halogenated alkanes) is 1. The fourth-order valence-corrected chi connectivity index (χ4v) is 5.91. The van der Waals surface area contributed by atoms with Crippen LogP contribution in [0.4, 0.5) is 5.69 Å². The van der Waals surface area contributed by atoms with E-state index in [9.17, 15) is 4.79 Å². The maximum absolute atomic E-state index is 12.0. The fourth-order valence-electron chi connectivity index (χ4n) is 1.58. The molecule has 1 aromatic carbocycles. The lowest BCUT2D eigenvalue weighted by atomic mass is 10.3. The van der Waals surface area contributed by atoms with Gasteiger partial charge in [-0.05, 0) is 41.5 Å². The third kappa shape index (κ3) is 6.92. The van der Waals surface area contributed by atoms with Crippen molar-refractivity contribution in [2.45, 2.75) is 28.4 Å². The molecule has 0 fully saturated rings. The molecule has 5 nitrogen and oxygen atoms in total. The first kappa shape index (κ1) is 19.4. The van der Waals surface area contributed by atoms with Gasteiger partial charge in [0.2, 0.25) is 5.91 Å². The van der Waals surface area contributed by atoms with Crippen molar-refractivity contribution in [3.63, 3.8) is 0 Å². The van der Waals surface area contributed by atoms with Gasteiger partial charge in [-0.3, -0.25) is 4.79 Å². The van der Waals surface area contributed by atoms with E-state index in [0.717, 1.165) is 25.9 Å². The Hall–Kier alpha value is -0.900. The number of carbonyl (C=O) groups excluding carboxylic acids is 1. The summed E-state index contributed by atoms with van der Waals surface area (Å²) in [4.78, 5) is 12.0. The Bertz CT molecular complexity index is 634. The van der Waals surface area contributed by atoms with E-state index in [1.54, 1.807) is 28.7 Å². The van der Waals surface area contributed by atoms with Crippen LogP contribution in [0.3, 0.4) is 0 Å². The molecule has 1 aromatic heterocycles. The zero-order valence-electron chi connectivity index (χ0n) is 13.5. The van der Waals surface area contributed by atoms with Crippen LogP contribution in [0.5, 0.6) is 5.75 Å². The zero-order valence-corrected chi connectivity index (χ0v) is 16.7. The number of nitrogens with one attached hydrogen (secondary N) is 1. The summed E-state index contributed by atoms with van der Waals surface area (Å²) in [6, 6.07) is 7.25. The number of methoxy groups -OCH3 is 1. The summed E-state index contributed by atoms with van der Waals surface area (Å²) in [5.41, 5.74) is 0.752. The minimum absolute atomic E-state index is 0.0631. The largest absolute Gasteiger partial charge is 0.497 e. The molecule has 0 saturated carbocycles. The molecule has 0 saturated heterocycles. The molecule has 1 heterocycles. The molecule has 0 bridgehead atoms. The summed E-state index contributed by atoms with van der Waals surface area (Å²) in [6.45, 7) is 2.18. The van der Waals surface area contributed by atoms with Gasteiger partial charge in [-0.25, -0.2) is 0 Å². The van der Waals surface area contributed by atoms with Crippen LogP contribution in [0.2, 0.25) is 0 Å². The summed E-state index contributed by atoms with van der Waals surface area (Å²) in [5.74, 6) is 2.13. The molecule has 2 aromatic rings. The first-order valence-electron chi connectivity index (χ1n) is 7.41. The monoisotopic (exact) mass is 401 g/mol. The number of thioether (sulfide) groups is 1. The van der Waals surface area contributed by atoms with Gasteiger partial charge in [0.05, 0.1) is 12.9 Å². The Morgan fingerprint density at radius 1 is 1.25 bits per heavy atom. The van der Waals surface area contributed by atoms with Crippen molar-refractivity contribution in [2.24, 2.45) is 0 Å². The number of hydrogen-bond acceptors (Lipinski definition) is 8. The predicted octanol–water partition coefficient (Wildman–Crippen LogP) is 4.82. The Morgan fingerprint density at radius 3 is 2.71 bits per heavy atom. The number of anilines is 1. The number of aromatic nitrogens is 2. The molecular formula is C15H19N3O2S4. The standard InChI is InChI=1S/C15H19N3O2S4/c1-3-4-9-22-24-15-18-17-14(23-15)21-10-13(19)16-11-5-7-12(20-2)8-6-11/h5-8H,3-4,9-10H2,1-2H3,(H,16,19). The fraction of sp³-hybridized carbons (Fsp3) is 0.400. The Morgan fingerprint density at radius 2 is 2.00 bits per heavy atom. The topological polar surface area (TPSA) is 64.1 Å². The van der Waals surface area contributed by atoms with Crippen molar-refractivity contribution < 1.29 is 9.53 Å². The van der Waals surface area contributed by atoms with Crippen LogP contribution in [0.25, 0.3) is 0 Å². The molecule has 0 atom stereocenters. The van der Waals surface area contributed by atoms with Crippen molar-refractivity contribution in [3.8, 4) is 5.75 Å². The first-order valence-corrected chi connectivity index (χ1v) is 11.5. The lowest BCUT2D eigenvalue weighted by Crippen LogP contribution is -2.13. The molecule has 0 radical (unpaired) electrons. The Labute approximate surface area is 158 Å². The van der Waals surface area contributed by atoms with Gasteiger partial charge in [0.1, 0.15) is 5.75 Å². The van der Waals surface area contributed by atoms with E-state index in [4.69, 9.17) is 4.74 Å². The number of rotatable bonds is 10. The normalized spacial score (nSPS) is 10.6. The third-order valence-corrected chi connectivity index (χ3v) is 7.59. The van der Waals surface area contributed by atoms with Crippen LogP contribution >= 0.6 is 44.7 Å². The summed E-state index contributed by atoms with van der Waals surface area (Å²) in [7, 11) is 5.07. The molecule has 1 N–H and O–H groups in total. The number of nitrogens with zero attached hydrogens (tertiary/aromatic N) is 2. The number of hydrogen-bond donors (Lipinski definition) is 1. The highest BCUT2D eigenvalue weighted by Crippen LogP contribution is 2.36. The third-order valence-electron chi connectivity index (χ3n) is 2.80. The van der Waals surface area contributed by atoms with Gasteiger partial charge in [-0.15, -0.1) is 10.2 Å². The van der Waals surface area contributed by atoms with Crippen molar-refractivity contribution >= 4 is 56.3 Å². The van der Waals surface area contributed by atoms with Crippen LogP contribution in [0.1, 0.15) is 19.8 Å². The number of benzene rings is 1. The van der Waals surface area contributed by atoms with Crippen LogP contribution in [0.15, 0.2) is 32.9 Å². The lowest BCUT2D eigenvalue weighted by molar-refractivity contribution is -0.113. The van der Waals surface area contributed by atoms with Gasteiger partial charge < -0.3 is 10.1 Å². The zero-order chi connectivity index (χ0) is 17.2. The quantitative estimate of drug-likeness (QED) is 0.348. The maximum Gasteiger partial charge on any atom is 0.234 e. The van der Waals surface area contributed by atoms with Gasteiger partial charge in [-0.1, -0.05) is 47.2 Å². The summed E-state index contributed by atoms with van der Waals surface area (Å²) >= 11 is 2.94. The van der Waals surface area contributed by atoms with E-state index in [1.165, 1.54) is 35.9 Å². The highest BCUT2D eigenvalue weighted by Gasteiger charge is 2.09.